The average Bonchev–Trinajstić information content (AvgIpc) is 1.95. The van der Waals surface area contributed by atoms with Gasteiger partial charge in [-0.3, -0.25) is 0 Å². The molecule has 0 saturated heterocycles. The number of benzene rings is 1. The predicted molar refractivity (Wildman–Crippen MR) is 60.2 cm³/mol. The summed E-state index contributed by atoms with van der Waals surface area (Å²) >= 11 is 18.0. The van der Waals surface area contributed by atoms with Gasteiger partial charge in [-0.2, -0.15) is 0 Å². The third kappa shape index (κ3) is 2.31. The summed E-state index contributed by atoms with van der Waals surface area (Å²) in [5.41, 5.74) is 0.822. The Balaban J connectivity index is 3.43. The molecule has 0 aliphatic rings. The lowest BCUT2D eigenvalue weighted by Gasteiger charge is -2.22. The van der Waals surface area contributed by atoms with Crippen LogP contribution in [0.25, 0.3) is 0 Å². The largest absolute Gasteiger partial charge is 0.0840 e. The molecule has 0 aliphatic carbocycles. The lowest BCUT2D eigenvalue weighted by atomic mass is 9.87. The molecule has 0 nitrogen and oxygen atoms in total. The maximum absolute atomic E-state index is 6.07. The van der Waals surface area contributed by atoms with Gasteiger partial charge in [0.15, 0.2) is 0 Å². The van der Waals surface area contributed by atoms with Crippen LogP contribution in [-0.2, 0) is 5.41 Å². The molecule has 0 unspecified atom stereocenters. The summed E-state index contributed by atoms with van der Waals surface area (Å²) in [6.07, 6.45) is 0. The second-order valence-electron chi connectivity index (χ2n) is 3.97. The number of rotatable bonds is 0. The Morgan fingerprint density at radius 1 is 0.923 bits per heavy atom. The van der Waals surface area contributed by atoms with Gasteiger partial charge in [-0.1, -0.05) is 55.6 Å². The normalized spacial score (nSPS) is 11.8. The van der Waals surface area contributed by atoms with Gasteiger partial charge in [0.05, 0.1) is 10.0 Å². The molecule has 13 heavy (non-hydrogen) atoms. The van der Waals surface area contributed by atoms with E-state index < -0.39 is 0 Å². The van der Waals surface area contributed by atoms with Crippen molar-refractivity contribution in [2.75, 3.05) is 0 Å². The van der Waals surface area contributed by atoms with Crippen molar-refractivity contribution < 1.29 is 0 Å². The predicted octanol–water partition coefficient (Wildman–Crippen LogP) is 4.94. The van der Waals surface area contributed by atoms with E-state index in [0.717, 1.165) is 5.56 Å². The van der Waals surface area contributed by atoms with Crippen LogP contribution in [0.4, 0.5) is 0 Å². The van der Waals surface area contributed by atoms with Crippen molar-refractivity contribution in [2.45, 2.75) is 26.2 Å². The van der Waals surface area contributed by atoms with Gasteiger partial charge in [0.1, 0.15) is 0 Å². The zero-order valence-corrected chi connectivity index (χ0v) is 10.1. The van der Waals surface area contributed by atoms with Crippen molar-refractivity contribution in [3.05, 3.63) is 32.8 Å². The Hall–Kier alpha value is 0.0900. The smallest absolute Gasteiger partial charge is 0.0644 e. The monoisotopic (exact) mass is 236 g/mol. The van der Waals surface area contributed by atoms with Gasteiger partial charge in [0.2, 0.25) is 0 Å². The molecular weight excluding hydrogens is 226 g/mol. The first-order valence-electron chi connectivity index (χ1n) is 3.98. The Kier molecular flexibility index (Phi) is 3.16. The van der Waals surface area contributed by atoms with Crippen LogP contribution < -0.4 is 0 Å². The van der Waals surface area contributed by atoms with Gasteiger partial charge in [0.25, 0.3) is 0 Å². The summed E-state index contributed by atoms with van der Waals surface area (Å²) in [7, 11) is 0. The highest BCUT2D eigenvalue weighted by Crippen LogP contribution is 2.39. The summed E-state index contributed by atoms with van der Waals surface area (Å²) < 4.78 is 0. The topological polar surface area (TPSA) is 0 Å². The van der Waals surface area contributed by atoms with Gasteiger partial charge in [-0.25, -0.2) is 0 Å². The highest BCUT2D eigenvalue weighted by atomic mass is 35.5. The second kappa shape index (κ2) is 3.68. The summed E-state index contributed by atoms with van der Waals surface area (Å²) in [6.45, 7) is 6.16. The fourth-order valence-corrected chi connectivity index (χ4v) is 2.31. The number of hydrogen-bond donors (Lipinski definition) is 0. The molecule has 0 aliphatic heterocycles. The van der Waals surface area contributed by atoms with Gasteiger partial charge in [0, 0.05) is 5.02 Å². The first-order valence-corrected chi connectivity index (χ1v) is 5.11. The van der Waals surface area contributed by atoms with Crippen LogP contribution in [0.2, 0.25) is 15.1 Å². The average molecular weight is 238 g/mol. The van der Waals surface area contributed by atoms with Crippen LogP contribution >= 0.6 is 34.8 Å². The molecule has 0 fully saturated rings. The molecule has 0 bridgehead atoms. The van der Waals surface area contributed by atoms with Gasteiger partial charge in [-0.05, 0) is 23.1 Å². The fraction of sp³-hybridized carbons (Fsp3) is 0.400. The van der Waals surface area contributed by atoms with E-state index in [9.17, 15) is 0 Å². The fourth-order valence-electron chi connectivity index (χ4n) is 1.21. The first-order chi connectivity index (χ1) is 5.84. The van der Waals surface area contributed by atoms with E-state index in [4.69, 9.17) is 34.8 Å². The summed E-state index contributed by atoms with van der Waals surface area (Å²) in [6, 6.07) is 3.48. The van der Waals surface area contributed by atoms with Crippen LogP contribution in [0, 0.1) is 0 Å². The zero-order valence-electron chi connectivity index (χ0n) is 7.79. The van der Waals surface area contributed by atoms with E-state index in [1.54, 1.807) is 12.1 Å². The molecule has 1 rings (SSSR count). The van der Waals surface area contributed by atoms with E-state index in [2.05, 4.69) is 20.8 Å². The van der Waals surface area contributed by atoms with Crippen molar-refractivity contribution >= 4 is 34.8 Å². The Morgan fingerprint density at radius 3 is 1.77 bits per heavy atom. The van der Waals surface area contributed by atoms with Crippen molar-refractivity contribution in [3.8, 4) is 0 Å². The van der Waals surface area contributed by atoms with E-state index in [1.165, 1.54) is 0 Å². The molecule has 0 amide bonds. The van der Waals surface area contributed by atoms with Crippen LogP contribution in [0.3, 0.4) is 0 Å². The molecular formula is C10H11Cl3. The summed E-state index contributed by atoms with van der Waals surface area (Å²) in [5, 5.41) is 1.78. The van der Waals surface area contributed by atoms with Crippen LogP contribution in [0.1, 0.15) is 26.3 Å². The Bertz CT molecular complexity index is 324. The maximum atomic E-state index is 6.07. The highest BCUT2D eigenvalue weighted by molar-refractivity contribution is 6.44. The van der Waals surface area contributed by atoms with E-state index in [-0.39, 0.29) is 5.41 Å². The minimum atomic E-state index is -0.0843. The SMILES string of the molecule is CC(C)(C)c1c(Cl)ccc(Cl)c1Cl. The molecule has 0 atom stereocenters. The van der Waals surface area contributed by atoms with Crippen LogP contribution in [-0.4, -0.2) is 0 Å². The third-order valence-electron chi connectivity index (χ3n) is 1.79. The minimum absolute atomic E-state index is 0.0843. The van der Waals surface area contributed by atoms with E-state index >= 15 is 0 Å². The van der Waals surface area contributed by atoms with Gasteiger partial charge < -0.3 is 0 Å². The number of hydrogen-bond acceptors (Lipinski definition) is 0. The lowest BCUT2D eigenvalue weighted by molar-refractivity contribution is 0.591. The minimum Gasteiger partial charge on any atom is -0.0840 e. The third-order valence-corrected chi connectivity index (χ3v) is 2.91. The first kappa shape index (κ1) is 11.2. The molecule has 0 heterocycles. The molecule has 72 valence electrons. The summed E-state index contributed by atoms with van der Waals surface area (Å²) in [5.74, 6) is 0. The van der Waals surface area contributed by atoms with E-state index in [1.807, 2.05) is 0 Å². The Morgan fingerprint density at radius 2 is 1.38 bits per heavy atom. The van der Waals surface area contributed by atoms with Crippen molar-refractivity contribution in [3.63, 3.8) is 0 Å². The molecule has 1 aromatic carbocycles. The van der Waals surface area contributed by atoms with Crippen molar-refractivity contribution in [1.29, 1.82) is 0 Å². The summed E-state index contributed by atoms with van der Waals surface area (Å²) in [4.78, 5) is 0. The Labute approximate surface area is 93.8 Å². The molecule has 1 aromatic rings. The van der Waals surface area contributed by atoms with Crippen LogP contribution in [0.15, 0.2) is 12.1 Å². The van der Waals surface area contributed by atoms with Crippen LogP contribution in [0.5, 0.6) is 0 Å². The van der Waals surface area contributed by atoms with E-state index in [0.29, 0.717) is 15.1 Å². The van der Waals surface area contributed by atoms with Gasteiger partial charge >= 0.3 is 0 Å². The molecule has 0 radical (unpaired) electrons. The van der Waals surface area contributed by atoms with Gasteiger partial charge in [-0.15, -0.1) is 0 Å². The molecule has 0 spiro atoms. The molecule has 0 aromatic heterocycles. The zero-order chi connectivity index (χ0) is 10.2. The molecule has 0 N–H and O–H groups in total. The standard InChI is InChI=1S/C10H11Cl3/c1-10(2,3)8-6(11)4-5-7(12)9(8)13/h4-5H,1-3H3. The molecule has 0 saturated carbocycles. The highest BCUT2D eigenvalue weighted by Gasteiger charge is 2.22. The number of halogens is 3. The second-order valence-corrected chi connectivity index (χ2v) is 5.16. The van der Waals surface area contributed by atoms with Crippen molar-refractivity contribution in [2.24, 2.45) is 0 Å². The molecule has 3 heteroatoms. The van der Waals surface area contributed by atoms with Crippen molar-refractivity contribution in [1.82, 2.24) is 0 Å². The lowest BCUT2D eigenvalue weighted by Crippen LogP contribution is -2.12. The maximum Gasteiger partial charge on any atom is 0.0644 e. The quantitative estimate of drug-likeness (QED) is 0.561.